The lowest BCUT2D eigenvalue weighted by Gasteiger charge is -2.33. The Hall–Kier alpha value is -3.61. The summed E-state index contributed by atoms with van der Waals surface area (Å²) in [6.07, 6.45) is 0.175. The maximum atomic E-state index is 15.0. The molecule has 32 heavy (non-hydrogen) atoms. The van der Waals surface area contributed by atoms with Crippen LogP contribution in [0.15, 0.2) is 24.4 Å². The molecule has 0 saturated carbocycles. The number of aryl methyl sites for hydroxylation is 1. The first-order chi connectivity index (χ1) is 14.9. The smallest absolute Gasteiger partial charge is 0.411 e. The molecule has 1 aromatic heterocycles. The summed E-state index contributed by atoms with van der Waals surface area (Å²) >= 11 is 0. The summed E-state index contributed by atoms with van der Waals surface area (Å²) < 4.78 is 26.8. The van der Waals surface area contributed by atoms with Crippen LogP contribution in [-0.2, 0) is 21.6 Å². The Morgan fingerprint density at radius 3 is 2.53 bits per heavy atom. The standard InChI is InChI=1S/C22H28FN5O4/c1-7-31-19(29)26-15-8-9-17(23)16(10-15)22(6,27-20(30)32-21(3,4)5)13-28-12-14(2)25-18(28)11-24/h8-10,12H,7,13H2,1-6H3,(H,26,29)(H,27,30). The van der Waals surface area contributed by atoms with Gasteiger partial charge in [-0.3, -0.25) is 5.32 Å². The van der Waals surface area contributed by atoms with Gasteiger partial charge in [-0.15, -0.1) is 0 Å². The van der Waals surface area contributed by atoms with E-state index in [1.807, 2.05) is 6.07 Å². The molecule has 0 saturated heterocycles. The van der Waals surface area contributed by atoms with Crippen molar-refractivity contribution in [3.8, 4) is 6.07 Å². The highest BCUT2D eigenvalue weighted by molar-refractivity contribution is 5.84. The first kappa shape index (κ1) is 24.7. The molecule has 172 valence electrons. The van der Waals surface area contributed by atoms with Gasteiger partial charge >= 0.3 is 12.2 Å². The van der Waals surface area contributed by atoms with E-state index in [4.69, 9.17) is 9.47 Å². The molecule has 0 spiro atoms. The van der Waals surface area contributed by atoms with Gasteiger partial charge in [0.05, 0.1) is 24.4 Å². The third kappa shape index (κ3) is 6.44. The van der Waals surface area contributed by atoms with E-state index in [1.165, 1.54) is 22.8 Å². The number of carbonyl (C=O) groups is 2. The SMILES string of the molecule is CCOC(=O)Nc1ccc(F)c(C(C)(Cn2cc(C)nc2C#N)NC(=O)OC(C)(C)C)c1. The lowest BCUT2D eigenvalue weighted by Crippen LogP contribution is -2.49. The Labute approximate surface area is 186 Å². The quantitative estimate of drug-likeness (QED) is 0.688. The number of nitrogens with zero attached hydrogens (tertiary/aromatic N) is 3. The molecule has 9 nitrogen and oxygen atoms in total. The second-order valence-electron chi connectivity index (χ2n) is 8.44. The average molecular weight is 445 g/mol. The molecule has 0 aliphatic rings. The normalized spacial score (nSPS) is 12.9. The highest BCUT2D eigenvalue weighted by Gasteiger charge is 2.35. The fourth-order valence-electron chi connectivity index (χ4n) is 3.13. The van der Waals surface area contributed by atoms with Crippen molar-refractivity contribution in [1.82, 2.24) is 14.9 Å². The lowest BCUT2D eigenvalue weighted by molar-refractivity contribution is 0.0448. The number of nitriles is 1. The van der Waals surface area contributed by atoms with Crippen LogP contribution in [0.3, 0.4) is 0 Å². The molecule has 0 fully saturated rings. The van der Waals surface area contributed by atoms with Gasteiger partial charge in [0.15, 0.2) is 0 Å². The molecular weight excluding hydrogens is 417 g/mol. The molecule has 0 aliphatic heterocycles. The predicted molar refractivity (Wildman–Crippen MR) is 115 cm³/mol. The van der Waals surface area contributed by atoms with Gasteiger partial charge in [-0.05, 0) is 59.7 Å². The van der Waals surface area contributed by atoms with Crippen molar-refractivity contribution >= 4 is 17.9 Å². The second kappa shape index (κ2) is 9.68. The van der Waals surface area contributed by atoms with Gasteiger partial charge in [0, 0.05) is 17.4 Å². The first-order valence-electron chi connectivity index (χ1n) is 10.1. The molecule has 2 rings (SSSR count). The number of carbonyl (C=O) groups excluding carboxylic acids is 2. The zero-order valence-electron chi connectivity index (χ0n) is 19.1. The van der Waals surface area contributed by atoms with Gasteiger partial charge in [0.1, 0.15) is 17.5 Å². The third-order valence-corrected chi connectivity index (χ3v) is 4.34. The maximum absolute atomic E-state index is 15.0. The number of imidazole rings is 1. The van der Waals surface area contributed by atoms with Gasteiger partial charge in [0.25, 0.3) is 0 Å². The van der Waals surface area contributed by atoms with Gasteiger partial charge in [-0.25, -0.2) is 19.0 Å². The number of anilines is 1. The van der Waals surface area contributed by atoms with Gasteiger partial charge in [0.2, 0.25) is 5.82 Å². The Balaban J connectivity index is 2.51. The molecule has 1 unspecified atom stereocenters. The van der Waals surface area contributed by atoms with E-state index in [-0.39, 0.29) is 30.2 Å². The first-order valence-corrected chi connectivity index (χ1v) is 10.1. The fourth-order valence-corrected chi connectivity index (χ4v) is 3.13. The third-order valence-electron chi connectivity index (χ3n) is 4.34. The summed E-state index contributed by atoms with van der Waals surface area (Å²) in [6, 6.07) is 5.95. The molecule has 0 bridgehead atoms. The summed E-state index contributed by atoms with van der Waals surface area (Å²) in [5, 5.41) is 14.6. The Morgan fingerprint density at radius 1 is 1.25 bits per heavy atom. The van der Waals surface area contributed by atoms with Crippen LogP contribution in [0, 0.1) is 24.1 Å². The molecule has 2 N–H and O–H groups in total. The van der Waals surface area contributed by atoms with E-state index in [9.17, 15) is 14.9 Å². The fraction of sp³-hybridized carbons (Fsp3) is 0.455. The van der Waals surface area contributed by atoms with Crippen molar-refractivity contribution in [2.45, 2.75) is 59.2 Å². The Kier molecular flexibility index (Phi) is 7.46. The van der Waals surface area contributed by atoms with Crippen LogP contribution < -0.4 is 10.6 Å². The zero-order valence-corrected chi connectivity index (χ0v) is 19.1. The molecule has 1 heterocycles. The van der Waals surface area contributed by atoms with Crippen LogP contribution in [0.25, 0.3) is 0 Å². The number of alkyl carbamates (subject to hydrolysis) is 1. The van der Waals surface area contributed by atoms with Crippen molar-refractivity contribution in [3.63, 3.8) is 0 Å². The van der Waals surface area contributed by atoms with E-state index >= 15 is 4.39 Å². The predicted octanol–water partition coefficient (Wildman–Crippen LogP) is 4.21. The molecule has 1 aromatic carbocycles. The van der Waals surface area contributed by atoms with E-state index < -0.39 is 29.1 Å². The highest BCUT2D eigenvalue weighted by Crippen LogP contribution is 2.30. The van der Waals surface area contributed by atoms with Crippen molar-refractivity contribution in [2.24, 2.45) is 0 Å². The van der Waals surface area contributed by atoms with Crippen molar-refractivity contribution in [1.29, 1.82) is 5.26 Å². The lowest BCUT2D eigenvalue weighted by atomic mass is 9.90. The van der Waals surface area contributed by atoms with Crippen molar-refractivity contribution in [2.75, 3.05) is 11.9 Å². The number of ether oxygens (including phenoxy) is 2. The topological polar surface area (TPSA) is 118 Å². The maximum Gasteiger partial charge on any atom is 0.411 e. The van der Waals surface area contributed by atoms with Gasteiger partial charge < -0.3 is 19.4 Å². The van der Waals surface area contributed by atoms with Crippen LogP contribution in [0.2, 0.25) is 0 Å². The summed E-state index contributed by atoms with van der Waals surface area (Å²) in [5.74, 6) is -0.505. The van der Waals surface area contributed by atoms with Crippen LogP contribution >= 0.6 is 0 Å². The van der Waals surface area contributed by atoms with Crippen molar-refractivity contribution in [3.05, 3.63) is 47.3 Å². The number of aromatic nitrogens is 2. The minimum Gasteiger partial charge on any atom is -0.450 e. The second-order valence-corrected chi connectivity index (χ2v) is 8.44. The number of amides is 2. The van der Waals surface area contributed by atoms with E-state index in [0.29, 0.717) is 5.69 Å². The number of rotatable bonds is 6. The van der Waals surface area contributed by atoms with Crippen LogP contribution in [0.5, 0.6) is 0 Å². The molecule has 0 radical (unpaired) electrons. The number of hydrogen-bond donors (Lipinski definition) is 2. The highest BCUT2D eigenvalue weighted by atomic mass is 19.1. The monoisotopic (exact) mass is 445 g/mol. The summed E-state index contributed by atoms with van der Waals surface area (Å²) in [5.41, 5.74) is -1.19. The van der Waals surface area contributed by atoms with Crippen molar-refractivity contribution < 1.29 is 23.5 Å². The average Bonchev–Trinajstić information content (AvgIpc) is 3.00. The van der Waals surface area contributed by atoms with E-state index in [0.717, 1.165) is 0 Å². The summed E-state index contributed by atoms with van der Waals surface area (Å²) in [4.78, 5) is 28.6. The molecule has 2 aromatic rings. The minimum atomic E-state index is -1.36. The van der Waals surface area contributed by atoms with Crippen LogP contribution in [-0.4, -0.2) is 33.9 Å². The summed E-state index contributed by atoms with van der Waals surface area (Å²) in [6.45, 7) is 10.3. The molecule has 0 aliphatic carbocycles. The molecule has 2 amide bonds. The molecular formula is C22H28FN5O4. The van der Waals surface area contributed by atoms with Gasteiger partial charge in [-0.2, -0.15) is 5.26 Å². The Bertz CT molecular complexity index is 1040. The molecule has 1 atom stereocenters. The number of nitrogens with one attached hydrogen (secondary N) is 2. The number of halogens is 1. The largest absolute Gasteiger partial charge is 0.450 e. The van der Waals surface area contributed by atoms with E-state index in [2.05, 4.69) is 15.6 Å². The van der Waals surface area contributed by atoms with Gasteiger partial charge in [-0.1, -0.05) is 0 Å². The van der Waals surface area contributed by atoms with Crippen LogP contribution in [0.1, 0.15) is 51.7 Å². The number of hydrogen-bond acceptors (Lipinski definition) is 6. The summed E-state index contributed by atoms with van der Waals surface area (Å²) in [7, 11) is 0. The van der Waals surface area contributed by atoms with Crippen LogP contribution in [0.4, 0.5) is 19.7 Å². The number of benzene rings is 1. The minimum absolute atomic E-state index is 0.0181. The molecule has 10 heteroatoms. The van der Waals surface area contributed by atoms with E-state index in [1.54, 1.807) is 47.7 Å². The zero-order chi connectivity index (χ0) is 24.1. The Morgan fingerprint density at radius 2 is 1.94 bits per heavy atom.